The van der Waals surface area contributed by atoms with Crippen molar-refractivity contribution in [1.82, 2.24) is 0 Å². The summed E-state index contributed by atoms with van der Waals surface area (Å²) in [4.78, 5) is 21.8. The van der Waals surface area contributed by atoms with E-state index in [0.717, 1.165) is 5.56 Å². The molecule has 0 aliphatic heterocycles. The maximum absolute atomic E-state index is 11.3. The van der Waals surface area contributed by atoms with Crippen molar-refractivity contribution in [3.8, 4) is 5.75 Å². The summed E-state index contributed by atoms with van der Waals surface area (Å²) in [5.74, 6) is -0.113. The molecule has 0 aliphatic carbocycles. The summed E-state index contributed by atoms with van der Waals surface area (Å²) < 4.78 is 11.0. The average Bonchev–Trinajstić information content (AvgIpc) is 2.53. The number of methoxy groups -OCH3 is 1. The zero-order valence-electron chi connectivity index (χ0n) is 11.0. The highest BCUT2D eigenvalue weighted by atomic mass is 16.7. The molecule has 0 spiro atoms. The van der Waals surface area contributed by atoms with Crippen molar-refractivity contribution in [2.24, 2.45) is 0 Å². The van der Waals surface area contributed by atoms with Gasteiger partial charge in [0.2, 0.25) is 12.1 Å². The topological polar surface area (TPSA) is 52.6 Å². The maximum atomic E-state index is 11.3. The predicted octanol–water partition coefficient (Wildman–Crippen LogP) is 2.79. The van der Waals surface area contributed by atoms with Gasteiger partial charge >= 0.3 is 0 Å². The summed E-state index contributed by atoms with van der Waals surface area (Å²) >= 11 is 0. The van der Waals surface area contributed by atoms with Gasteiger partial charge in [-0.25, -0.2) is 0 Å². The quantitative estimate of drug-likeness (QED) is 0.350. The van der Waals surface area contributed by atoms with E-state index >= 15 is 0 Å². The maximum Gasteiger partial charge on any atom is 0.226 e. The molecule has 0 aliphatic rings. The second-order valence-electron chi connectivity index (χ2n) is 4.11. The van der Waals surface area contributed by atoms with Crippen LogP contribution in [0, 0.1) is 0 Å². The van der Waals surface area contributed by atoms with E-state index < -0.39 is 12.1 Å². The second-order valence-corrected chi connectivity index (χ2v) is 4.11. The second kappa shape index (κ2) is 6.63. The van der Waals surface area contributed by atoms with Crippen LogP contribution in [0.1, 0.15) is 22.2 Å². The average molecular weight is 270 g/mol. The standard InChI is InChI=1S/C16H14O4/c1-19-16(12-6-3-2-4-7-12)20-14-9-5-8-13(10-14)15(18)11-17/h2-11,16H,1H3. The van der Waals surface area contributed by atoms with Crippen LogP contribution in [0.3, 0.4) is 0 Å². The predicted molar refractivity (Wildman–Crippen MR) is 73.7 cm³/mol. The van der Waals surface area contributed by atoms with Crippen molar-refractivity contribution in [1.29, 1.82) is 0 Å². The minimum absolute atomic E-state index is 0.282. The molecule has 0 amide bonds. The number of benzene rings is 2. The molecule has 4 nitrogen and oxygen atoms in total. The van der Waals surface area contributed by atoms with E-state index in [9.17, 15) is 9.59 Å². The Morgan fingerprint density at radius 1 is 1.10 bits per heavy atom. The van der Waals surface area contributed by atoms with E-state index in [1.165, 1.54) is 13.2 Å². The molecule has 1 unspecified atom stereocenters. The van der Waals surface area contributed by atoms with E-state index in [2.05, 4.69) is 0 Å². The molecule has 20 heavy (non-hydrogen) atoms. The lowest BCUT2D eigenvalue weighted by Gasteiger charge is -2.18. The Labute approximate surface area is 116 Å². The zero-order chi connectivity index (χ0) is 14.4. The molecule has 4 heteroatoms. The zero-order valence-corrected chi connectivity index (χ0v) is 11.0. The van der Waals surface area contributed by atoms with Crippen LogP contribution in [0.25, 0.3) is 0 Å². The van der Waals surface area contributed by atoms with Crippen LogP contribution in [-0.2, 0) is 9.53 Å². The minimum Gasteiger partial charge on any atom is -0.461 e. The third kappa shape index (κ3) is 3.30. The van der Waals surface area contributed by atoms with Gasteiger partial charge in [-0.2, -0.15) is 0 Å². The molecule has 0 N–H and O–H groups in total. The van der Waals surface area contributed by atoms with Crippen molar-refractivity contribution in [3.63, 3.8) is 0 Å². The molecule has 2 rings (SSSR count). The highest BCUT2D eigenvalue weighted by molar-refractivity contribution is 6.33. The molecular formula is C16H14O4. The molecular weight excluding hydrogens is 256 g/mol. The summed E-state index contributed by atoms with van der Waals surface area (Å²) in [5.41, 5.74) is 1.16. The van der Waals surface area contributed by atoms with Gasteiger partial charge in [0, 0.05) is 18.2 Å². The van der Waals surface area contributed by atoms with Crippen LogP contribution in [0.2, 0.25) is 0 Å². The minimum atomic E-state index is -0.580. The van der Waals surface area contributed by atoms with Gasteiger partial charge in [-0.05, 0) is 12.1 Å². The van der Waals surface area contributed by atoms with Gasteiger partial charge in [0.25, 0.3) is 0 Å². The molecule has 0 saturated carbocycles. The van der Waals surface area contributed by atoms with Gasteiger partial charge in [0.1, 0.15) is 5.75 Å². The largest absolute Gasteiger partial charge is 0.461 e. The Bertz CT molecular complexity index is 592. The Hall–Kier alpha value is -2.46. The fourth-order valence-corrected chi connectivity index (χ4v) is 1.78. The number of aldehydes is 1. The molecule has 1 atom stereocenters. The van der Waals surface area contributed by atoms with Crippen LogP contribution < -0.4 is 4.74 Å². The first kappa shape index (κ1) is 14.0. The van der Waals surface area contributed by atoms with E-state index in [1.807, 2.05) is 30.3 Å². The lowest BCUT2D eigenvalue weighted by molar-refractivity contribution is -0.104. The molecule has 0 saturated heterocycles. The summed E-state index contributed by atoms with van der Waals surface area (Å²) in [7, 11) is 1.54. The number of carbonyl (C=O) groups is 2. The van der Waals surface area contributed by atoms with Crippen LogP contribution >= 0.6 is 0 Å². The summed E-state index contributed by atoms with van der Waals surface area (Å²) in [6, 6.07) is 15.9. The SMILES string of the molecule is COC(Oc1cccc(C(=O)C=O)c1)c1ccccc1. The number of carbonyl (C=O) groups excluding carboxylic acids is 2. The third-order valence-electron chi connectivity index (χ3n) is 2.75. The van der Waals surface area contributed by atoms with E-state index in [1.54, 1.807) is 18.2 Å². The van der Waals surface area contributed by atoms with Crippen LogP contribution in [0.15, 0.2) is 54.6 Å². The highest BCUT2D eigenvalue weighted by Crippen LogP contribution is 2.23. The summed E-state index contributed by atoms with van der Waals surface area (Å²) in [6.07, 6.45) is -0.290. The number of Topliss-reactive ketones (excluding diaryl/α,β-unsaturated/α-hetero) is 1. The first-order valence-corrected chi connectivity index (χ1v) is 6.08. The first-order valence-electron chi connectivity index (χ1n) is 6.08. The van der Waals surface area contributed by atoms with Crippen LogP contribution in [0.5, 0.6) is 5.75 Å². The Kier molecular flexibility index (Phi) is 4.63. The van der Waals surface area contributed by atoms with Gasteiger partial charge in [-0.1, -0.05) is 42.5 Å². The normalized spacial score (nSPS) is 11.7. The van der Waals surface area contributed by atoms with Crippen molar-refractivity contribution >= 4 is 12.1 Å². The van der Waals surface area contributed by atoms with Gasteiger partial charge in [0.15, 0.2) is 6.29 Å². The van der Waals surface area contributed by atoms with E-state index in [4.69, 9.17) is 9.47 Å². The Morgan fingerprint density at radius 3 is 2.50 bits per heavy atom. The van der Waals surface area contributed by atoms with Crippen molar-refractivity contribution in [3.05, 3.63) is 65.7 Å². The molecule has 0 aromatic heterocycles. The first-order chi connectivity index (χ1) is 9.74. The van der Waals surface area contributed by atoms with Gasteiger partial charge in [0.05, 0.1) is 0 Å². The molecule has 102 valence electrons. The van der Waals surface area contributed by atoms with Crippen molar-refractivity contribution in [2.45, 2.75) is 6.29 Å². The smallest absolute Gasteiger partial charge is 0.226 e. The molecule has 0 radical (unpaired) electrons. The molecule has 2 aromatic carbocycles. The van der Waals surface area contributed by atoms with Crippen molar-refractivity contribution < 1.29 is 19.1 Å². The lowest BCUT2D eigenvalue weighted by Crippen LogP contribution is -2.10. The van der Waals surface area contributed by atoms with E-state index in [0.29, 0.717) is 11.3 Å². The highest BCUT2D eigenvalue weighted by Gasteiger charge is 2.13. The van der Waals surface area contributed by atoms with Gasteiger partial charge < -0.3 is 9.47 Å². The number of hydrogen-bond donors (Lipinski definition) is 0. The van der Waals surface area contributed by atoms with Crippen LogP contribution in [-0.4, -0.2) is 19.2 Å². The number of ether oxygens (including phenoxy) is 2. The number of ketones is 1. The van der Waals surface area contributed by atoms with Crippen LogP contribution in [0.4, 0.5) is 0 Å². The van der Waals surface area contributed by atoms with Crippen molar-refractivity contribution in [2.75, 3.05) is 7.11 Å². The fraction of sp³-hybridized carbons (Fsp3) is 0.125. The van der Waals surface area contributed by atoms with Gasteiger partial charge in [-0.3, -0.25) is 9.59 Å². The molecule has 0 heterocycles. The van der Waals surface area contributed by atoms with E-state index in [-0.39, 0.29) is 6.29 Å². The monoisotopic (exact) mass is 270 g/mol. The molecule has 2 aromatic rings. The van der Waals surface area contributed by atoms with Gasteiger partial charge in [-0.15, -0.1) is 0 Å². The lowest BCUT2D eigenvalue weighted by atomic mass is 10.1. The summed E-state index contributed by atoms with van der Waals surface area (Å²) in [5, 5.41) is 0. The molecule has 0 fully saturated rings. The Balaban J connectivity index is 2.20. The molecule has 0 bridgehead atoms. The fourth-order valence-electron chi connectivity index (χ4n) is 1.78. The number of hydrogen-bond acceptors (Lipinski definition) is 4. The number of rotatable bonds is 6. The third-order valence-corrected chi connectivity index (χ3v) is 2.75. The summed E-state index contributed by atoms with van der Waals surface area (Å²) in [6.45, 7) is 0. The Morgan fingerprint density at radius 2 is 1.85 bits per heavy atom.